The van der Waals surface area contributed by atoms with Crippen LogP contribution in [0.1, 0.15) is 16.1 Å². The number of aliphatic hydroxyl groups excluding tert-OH is 2. The first-order valence-corrected chi connectivity index (χ1v) is 10.6. The van der Waals surface area contributed by atoms with E-state index in [1.54, 1.807) is 60.4 Å². The summed E-state index contributed by atoms with van der Waals surface area (Å²) < 4.78 is 6.91. The van der Waals surface area contributed by atoms with Crippen molar-refractivity contribution in [3.8, 4) is 16.9 Å². The lowest BCUT2D eigenvalue weighted by Gasteiger charge is -2.16. The fourth-order valence-corrected chi connectivity index (χ4v) is 3.16. The molecule has 1 aromatic heterocycles. The monoisotopic (exact) mass is 466 g/mol. The second kappa shape index (κ2) is 11.7. The van der Waals surface area contributed by atoms with Crippen LogP contribution in [0.25, 0.3) is 11.1 Å². The molecule has 4 N–H and O–H groups in total. The van der Waals surface area contributed by atoms with Crippen molar-refractivity contribution in [3.05, 3.63) is 72.1 Å². The highest BCUT2D eigenvalue weighted by Gasteiger charge is 2.28. The van der Waals surface area contributed by atoms with Crippen molar-refractivity contribution >= 4 is 17.6 Å². The molecule has 0 aliphatic heterocycles. The van der Waals surface area contributed by atoms with Crippen LogP contribution < -0.4 is 15.4 Å². The number of hydrogen-bond donors (Lipinski definition) is 4. The number of carbonyl (C=O) groups excluding carboxylic acids is 3. The number of ether oxygens (including phenoxy) is 1. The molecule has 0 fully saturated rings. The third-order valence-electron chi connectivity index (χ3n) is 4.92. The van der Waals surface area contributed by atoms with Gasteiger partial charge in [0, 0.05) is 18.8 Å². The number of ketones is 1. The van der Waals surface area contributed by atoms with E-state index in [4.69, 9.17) is 9.84 Å². The van der Waals surface area contributed by atoms with Crippen molar-refractivity contribution < 1.29 is 29.3 Å². The summed E-state index contributed by atoms with van der Waals surface area (Å²) in [6, 6.07) is 14.1. The van der Waals surface area contributed by atoms with Crippen LogP contribution in [0.15, 0.2) is 60.8 Å². The molecule has 1 unspecified atom stereocenters. The molecule has 0 aliphatic rings. The lowest BCUT2D eigenvalue weighted by Crippen LogP contribution is -2.52. The molecule has 0 saturated carbocycles. The van der Waals surface area contributed by atoms with Crippen LogP contribution in [0.4, 0.5) is 0 Å². The van der Waals surface area contributed by atoms with E-state index in [-0.39, 0.29) is 25.3 Å². The van der Waals surface area contributed by atoms with Crippen molar-refractivity contribution in [1.29, 1.82) is 0 Å². The summed E-state index contributed by atoms with van der Waals surface area (Å²) in [5, 5.41) is 27.1. The summed E-state index contributed by atoms with van der Waals surface area (Å²) in [5.74, 6) is -1.56. The van der Waals surface area contributed by atoms with E-state index in [2.05, 4.69) is 15.7 Å². The molecule has 10 nitrogen and oxygen atoms in total. The average molecular weight is 466 g/mol. The molecule has 0 saturated heterocycles. The van der Waals surface area contributed by atoms with Crippen molar-refractivity contribution in [3.63, 3.8) is 0 Å². The zero-order chi connectivity index (χ0) is 24.5. The minimum absolute atomic E-state index is 0.0675. The Bertz CT molecular complexity index is 1130. The lowest BCUT2D eigenvalue weighted by molar-refractivity contribution is -0.132. The first-order chi connectivity index (χ1) is 16.4. The number of hydrogen-bond acceptors (Lipinski definition) is 7. The molecule has 1 heterocycles. The minimum Gasteiger partial charge on any atom is -0.491 e. The maximum Gasteiger partial charge on any atom is 0.252 e. The van der Waals surface area contributed by atoms with Crippen molar-refractivity contribution in [1.82, 2.24) is 20.4 Å². The van der Waals surface area contributed by atoms with Gasteiger partial charge in [0.2, 0.25) is 0 Å². The molecule has 0 radical (unpaired) electrons. The van der Waals surface area contributed by atoms with Gasteiger partial charge in [-0.2, -0.15) is 5.10 Å². The lowest BCUT2D eigenvalue weighted by atomic mass is 10.0. The van der Waals surface area contributed by atoms with E-state index < -0.39 is 30.2 Å². The predicted molar refractivity (Wildman–Crippen MR) is 123 cm³/mol. The number of carbonyl (C=O) groups is 3. The fourth-order valence-electron chi connectivity index (χ4n) is 3.16. The standard InChI is InChI=1S/C24H26N4O6/c1-28-11-10-19(27-28)14-25-24(33)22(21(31)15-30)26-23(32)18-4-2-16(3-5-18)17-6-8-20(9-7-17)34-13-12-29/h2-11,22,29-30H,12-15H2,1H3,(H,25,33)(H,26,32). The van der Waals surface area contributed by atoms with Gasteiger partial charge in [-0.05, 0) is 41.5 Å². The molecule has 3 aromatic rings. The van der Waals surface area contributed by atoms with Crippen LogP contribution in [-0.2, 0) is 23.2 Å². The smallest absolute Gasteiger partial charge is 0.252 e. The number of nitrogens with zero attached hydrogens (tertiary/aromatic N) is 2. The van der Waals surface area contributed by atoms with Gasteiger partial charge in [-0.25, -0.2) is 0 Å². The summed E-state index contributed by atoms with van der Waals surface area (Å²) in [6.45, 7) is -0.672. The Balaban J connectivity index is 1.64. The SMILES string of the molecule is Cn1ccc(CNC(=O)C(NC(=O)c2ccc(-c3ccc(OCCO)cc3)cc2)C(=O)CO)n1. The number of amides is 2. The van der Waals surface area contributed by atoms with Gasteiger partial charge in [0.15, 0.2) is 11.8 Å². The number of rotatable bonds is 11. The van der Waals surface area contributed by atoms with E-state index in [1.807, 2.05) is 12.1 Å². The van der Waals surface area contributed by atoms with Crippen LogP contribution in [0.3, 0.4) is 0 Å². The van der Waals surface area contributed by atoms with Crippen molar-refractivity contribution in [2.24, 2.45) is 7.05 Å². The molecule has 2 aromatic carbocycles. The molecule has 0 bridgehead atoms. The summed E-state index contributed by atoms with van der Waals surface area (Å²) in [7, 11) is 1.73. The molecule has 0 aliphatic carbocycles. The highest BCUT2D eigenvalue weighted by atomic mass is 16.5. The van der Waals surface area contributed by atoms with E-state index in [9.17, 15) is 19.5 Å². The third-order valence-corrected chi connectivity index (χ3v) is 4.92. The van der Waals surface area contributed by atoms with Crippen LogP contribution >= 0.6 is 0 Å². The Morgan fingerprint density at radius 3 is 2.21 bits per heavy atom. The van der Waals surface area contributed by atoms with Crippen molar-refractivity contribution in [2.45, 2.75) is 12.6 Å². The maximum atomic E-state index is 12.7. The normalized spacial score (nSPS) is 11.5. The zero-order valence-corrected chi connectivity index (χ0v) is 18.6. The Kier molecular flexibility index (Phi) is 8.49. The molecule has 3 rings (SSSR count). The van der Waals surface area contributed by atoms with E-state index in [0.717, 1.165) is 11.1 Å². The molecule has 10 heteroatoms. The minimum atomic E-state index is -1.53. The topological polar surface area (TPSA) is 143 Å². The zero-order valence-electron chi connectivity index (χ0n) is 18.6. The van der Waals surface area contributed by atoms with Gasteiger partial charge in [0.25, 0.3) is 11.8 Å². The van der Waals surface area contributed by atoms with Crippen LogP contribution in [0.5, 0.6) is 5.75 Å². The van der Waals surface area contributed by atoms with Gasteiger partial charge in [0.1, 0.15) is 19.0 Å². The van der Waals surface area contributed by atoms with Gasteiger partial charge in [-0.3, -0.25) is 19.1 Å². The molecule has 178 valence electrons. The highest BCUT2D eigenvalue weighted by Crippen LogP contribution is 2.23. The summed E-state index contributed by atoms with van der Waals surface area (Å²) in [5.41, 5.74) is 2.58. The van der Waals surface area contributed by atoms with Gasteiger partial charge in [-0.15, -0.1) is 0 Å². The number of Topliss-reactive ketones (excluding diaryl/α,β-unsaturated/α-hetero) is 1. The quantitative estimate of drug-likeness (QED) is 0.300. The Hall–Kier alpha value is -4.02. The van der Waals surface area contributed by atoms with Crippen LogP contribution in [0, 0.1) is 0 Å². The summed E-state index contributed by atoms with van der Waals surface area (Å²) >= 11 is 0. The number of aryl methyl sites for hydroxylation is 1. The van der Waals surface area contributed by atoms with E-state index in [0.29, 0.717) is 11.4 Å². The first-order valence-electron chi connectivity index (χ1n) is 10.6. The maximum absolute atomic E-state index is 12.7. The number of aliphatic hydroxyl groups is 2. The second-order valence-corrected chi connectivity index (χ2v) is 7.40. The molecular formula is C24H26N4O6. The fraction of sp³-hybridized carbons (Fsp3) is 0.250. The average Bonchev–Trinajstić information content (AvgIpc) is 3.29. The number of nitrogens with one attached hydrogen (secondary N) is 2. The first kappa shape index (κ1) is 24.6. The molecule has 34 heavy (non-hydrogen) atoms. The second-order valence-electron chi connectivity index (χ2n) is 7.40. The Morgan fingerprint density at radius 1 is 1.00 bits per heavy atom. The summed E-state index contributed by atoms with van der Waals surface area (Å²) in [4.78, 5) is 37.3. The van der Waals surface area contributed by atoms with E-state index in [1.165, 1.54) is 0 Å². The number of aromatic nitrogens is 2. The largest absolute Gasteiger partial charge is 0.491 e. The van der Waals surface area contributed by atoms with Crippen LogP contribution in [0.2, 0.25) is 0 Å². The van der Waals surface area contributed by atoms with E-state index >= 15 is 0 Å². The highest BCUT2D eigenvalue weighted by molar-refractivity contribution is 6.10. The number of benzene rings is 2. The molecular weight excluding hydrogens is 440 g/mol. The molecule has 2 amide bonds. The Labute approximate surface area is 196 Å². The van der Waals surface area contributed by atoms with Gasteiger partial charge in [0.05, 0.1) is 18.8 Å². The van der Waals surface area contributed by atoms with Crippen LogP contribution in [-0.4, -0.2) is 63.5 Å². The van der Waals surface area contributed by atoms with Gasteiger partial charge < -0.3 is 25.6 Å². The van der Waals surface area contributed by atoms with Crippen molar-refractivity contribution in [2.75, 3.05) is 19.8 Å². The third kappa shape index (κ3) is 6.50. The Morgan fingerprint density at radius 2 is 1.65 bits per heavy atom. The molecule has 0 spiro atoms. The summed E-state index contributed by atoms with van der Waals surface area (Å²) in [6.07, 6.45) is 1.71. The van der Waals surface area contributed by atoms with Gasteiger partial charge >= 0.3 is 0 Å². The predicted octanol–water partition coefficient (Wildman–Crippen LogP) is 0.434. The van der Waals surface area contributed by atoms with Gasteiger partial charge in [-0.1, -0.05) is 24.3 Å². The molecule has 1 atom stereocenters.